The Balaban J connectivity index is 1.31. The van der Waals surface area contributed by atoms with Gasteiger partial charge in [0, 0.05) is 31.2 Å². The third kappa shape index (κ3) is 4.03. The minimum atomic E-state index is -5.55. The summed E-state index contributed by atoms with van der Waals surface area (Å²) >= 11 is 0. The summed E-state index contributed by atoms with van der Waals surface area (Å²) < 4.78 is 62.3. The number of halogens is 3. The molecule has 2 aliphatic heterocycles. The highest BCUT2D eigenvalue weighted by atomic mass is 32.2. The summed E-state index contributed by atoms with van der Waals surface area (Å²) in [5.41, 5.74) is -3.75. The second-order valence-corrected chi connectivity index (χ2v) is 12.1. The van der Waals surface area contributed by atoms with Crippen molar-refractivity contribution in [2.24, 2.45) is 0 Å². The largest absolute Gasteiger partial charge is 0.501 e. The molecular formula is C27H25F3N4O4S. The number of alkyl halides is 3. The Labute approximate surface area is 222 Å². The van der Waals surface area contributed by atoms with Crippen LogP contribution in [0.5, 0.6) is 0 Å². The van der Waals surface area contributed by atoms with E-state index in [0.717, 1.165) is 77.3 Å². The minimum absolute atomic E-state index is 0.0203. The van der Waals surface area contributed by atoms with E-state index in [-0.39, 0.29) is 12.2 Å². The molecule has 0 radical (unpaired) electrons. The van der Waals surface area contributed by atoms with Crippen LogP contribution in [0.25, 0.3) is 10.9 Å². The van der Waals surface area contributed by atoms with Gasteiger partial charge in [-0.1, -0.05) is 12.1 Å². The van der Waals surface area contributed by atoms with E-state index in [0.29, 0.717) is 12.8 Å². The van der Waals surface area contributed by atoms with Crippen molar-refractivity contribution in [3.63, 3.8) is 0 Å². The third-order valence-corrected chi connectivity index (χ3v) is 9.34. The molecule has 204 valence electrons. The number of carbonyl (C=O) groups excluding carboxylic acids is 2. The first kappa shape index (κ1) is 25.6. The van der Waals surface area contributed by atoms with Gasteiger partial charge in [0.05, 0.1) is 21.8 Å². The molecular weight excluding hydrogens is 533 g/mol. The predicted molar refractivity (Wildman–Crippen MR) is 138 cm³/mol. The zero-order valence-corrected chi connectivity index (χ0v) is 21.6. The molecule has 1 spiro atoms. The number of hydrogen-bond donors (Lipinski definition) is 0. The molecule has 8 nitrogen and oxygen atoms in total. The van der Waals surface area contributed by atoms with Crippen molar-refractivity contribution in [3.8, 4) is 0 Å². The smallest absolute Gasteiger partial charge is 0.370 e. The molecule has 3 aliphatic rings. The lowest BCUT2D eigenvalue weighted by Crippen LogP contribution is -2.36. The quantitative estimate of drug-likeness (QED) is 0.409. The number of fused-ring (bicyclic) bond motifs is 1. The second-order valence-electron chi connectivity index (χ2n) is 10.2. The number of hydrogen-bond acceptors (Lipinski definition) is 6. The van der Waals surface area contributed by atoms with Gasteiger partial charge in [-0.15, -0.1) is 0 Å². The van der Waals surface area contributed by atoms with Gasteiger partial charge in [-0.25, -0.2) is 18.1 Å². The van der Waals surface area contributed by atoms with Crippen molar-refractivity contribution >= 4 is 44.1 Å². The fraction of sp³-hybridized carbons (Fsp3) is 0.370. The number of sulfone groups is 1. The maximum atomic E-state index is 13.6. The van der Waals surface area contributed by atoms with E-state index in [2.05, 4.69) is 9.88 Å². The fourth-order valence-electron chi connectivity index (χ4n) is 5.59. The number of amides is 3. The van der Waals surface area contributed by atoms with Crippen molar-refractivity contribution in [2.75, 3.05) is 22.9 Å². The van der Waals surface area contributed by atoms with Gasteiger partial charge in [0.15, 0.2) is 0 Å². The molecule has 2 aromatic carbocycles. The second kappa shape index (κ2) is 8.94. The van der Waals surface area contributed by atoms with E-state index in [4.69, 9.17) is 0 Å². The van der Waals surface area contributed by atoms with Gasteiger partial charge < -0.3 is 9.80 Å². The lowest BCUT2D eigenvalue weighted by molar-refractivity contribution is -0.120. The highest BCUT2D eigenvalue weighted by Crippen LogP contribution is 2.50. The van der Waals surface area contributed by atoms with Gasteiger partial charge in [0.25, 0.3) is 15.7 Å². The monoisotopic (exact) mass is 558 g/mol. The lowest BCUT2D eigenvalue weighted by atomic mass is 10.0. The van der Waals surface area contributed by atoms with Crippen LogP contribution >= 0.6 is 0 Å². The van der Waals surface area contributed by atoms with E-state index < -0.39 is 37.7 Å². The zero-order valence-electron chi connectivity index (χ0n) is 20.8. The summed E-state index contributed by atoms with van der Waals surface area (Å²) in [7, 11) is -5.55. The Kier molecular flexibility index (Phi) is 5.87. The molecule has 6 rings (SSSR count). The number of para-hydroxylation sites is 1. The number of piperidine rings is 1. The van der Waals surface area contributed by atoms with Crippen molar-refractivity contribution < 1.29 is 31.2 Å². The summed E-state index contributed by atoms with van der Waals surface area (Å²) in [6.45, 7) is 2.06. The topological polar surface area (TPSA) is 90.9 Å². The van der Waals surface area contributed by atoms with Crippen LogP contribution in [-0.4, -0.2) is 54.4 Å². The molecule has 2 saturated heterocycles. The summed E-state index contributed by atoms with van der Waals surface area (Å²) in [6, 6.07) is 10.8. The Hall–Kier alpha value is -3.67. The number of aromatic nitrogens is 1. The van der Waals surface area contributed by atoms with Crippen LogP contribution < -0.4 is 9.80 Å². The molecule has 1 saturated carbocycles. The van der Waals surface area contributed by atoms with Crippen LogP contribution in [0.2, 0.25) is 0 Å². The molecule has 1 aliphatic carbocycles. The summed E-state index contributed by atoms with van der Waals surface area (Å²) in [5, 5.41) is 0.886. The van der Waals surface area contributed by atoms with Gasteiger partial charge in [-0.3, -0.25) is 9.78 Å². The Bertz CT molecular complexity index is 1580. The number of pyridine rings is 1. The lowest BCUT2D eigenvalue weighted by Gasteiger charge is -2.30. The molecule has 0 bridgehead atoms. The van der Waals surface area contributed by atoms with Crippen LogP contribution in [0.4, 0.5) is 29.3 Å². The zero-order chi connectivity index (χ0) is 27.6. The highest BCUT2D eigenvalue weighted by molar-refractivity contribution is 7.92. The van der Waals surface area contributed by atoms with Gasteiger partial charge in [0.2, 0.25) is 0 Å². The van der Waals surface area contributed by atoms with Crippen molar-refractivity contribution in [1.82, 2.24) is 9.88 Å². The van der Waals surface area contributed by atoms with Gasteiger partial charge in [-0.2, -0.15) is 13.2 Å². The molecule has 3 aromatic rings. The third-order valence-electron chi connectivity index (χ3n) is 7.84. The number of carbonyl (C=O) groups is 2. The standard InChI is InChI=1S/C27H25F3N4O4S/c28-27(29,30)39(37,38)20-9-7-19(8-10-20)34-24(35)26(12-13-26)33(25(34)36)17-18-11-14-31-23-21(18)5-4-6-22(23)32-15-2-1-3-16-32/h4-11,14H,1-3,12-13,15-17H2. The van der Waals surface area contributed by atoms with Crippen LogP contribution in [0.1, 0.15) is 37.7 Å². The molecule has 3 fully saturated rings. The minimum Gasteiger partial charge on any atom is -0.370 e. The normalized spacial score (nSPS) is 19.4. The number of imide groups is 1. The molecule has 3 amide bonds. The van der Waals surface area contributed by atoms with E-state index >= 15 is 0 Å². The first-order valence-corrected chi connectivity index (χ1v) is 14.2. The molecule has 12 heteroatoms. The summed E-state index contributed by atoms with van der Waals surface area (Å²) in [5.74, 6) is -0.466. The Morgan fingerprint density at radius 2 is 1.62 bits per heavy atom. The number of nitrogens with zero attached hydrogens (tertiary/aromatic N) is 4. The highest BCUT2D eigenvalue weighted by Gasteiger charge is 2.65. The average Bonchev–Trinajstić information content (AvgIpc) is 3.70. The first-order valence-electron chi connectivity index (χ1n) is 12.7. The molecule has 1 aromatic heterocycles. The van der Waals surface area contributed by atoms with Crippen molar-refractivity contribution in [1.29, 1.82) is 0 Å². The van der Waals surface area contributed by atoms with E-state index in [1.807, 2.05) is 24.3 Å². The number of benzene rings is 2. The molecule has 39 heavy (non-hydrogen) atoms. The van der Waals surface area contributed by atoms with Gasteiger partial charge in [-0.05, 0) is 74.1 Å². The Morgan fingerprint density at radius 1 is 0.923 bits per heavy atom. The molecule has 0 N–H and O–H groups in total. The first-order chi connectivity index (χ1) is 18.5. The van der Waals surface area contributed by atoms with E-state index in [1.54, 1.807) is 6.20 Å². The van der Waals surface area contributed by atoms with E-state index in [9.17, 15) is 31.2 Å². The summed E-state index contributed by atoms with van der Waals surface area (Å²) in [4.78, 5) is 35.4. The SMILES string of the molecule is O=C1N(c2ccc(S(=O)(=O)C(F)(F)F)cc2)C(=O)C2(CC2)N1Cc1ccnc2c(N3CCCCC3)cccc12. The molecule has 0 unspecified atom stereocenters. The number of anilines is 2. The van der Waals surface area contributed by atoms with Gasteiger partial charge >= 0.3 is 11.5 Å². The average molecular weight is 559 g/mol. The van der Waals surface area contributed by atoms with Crippen LogP contribution in [0.3, 0.4) is 0 Å². The number of rotatable bonds is 5. The van der Waals surface area contributed by atoms with Crippen LogP contribution in [0, 0.1) is 0 Å². The summed E-state index contributed by atoms with van der Waals surface area (Å²) in [6.07, 6.45) is 6.06. The maximum Gasteiger partial charge on any atom is 0.501 e. The van der Waals surface area contributed by atoms with E-state index in [1.165, 1.54) is 11.3 Å². The van der Waals surface area contributed by atoms with Crippen LogP contribution in [0.15, 0.2) is 59.6 Å². The van der Waals surface area contributed by atoms with Crippen molar-refractivity contribution in [2.45, 2.75) is 54.6 Å². The molecule has 0 atom stereocenters. The predicted octanol–water partition coefficient (Wildman–Crippen LogP) is 5.02. The molecule has 3 heterocycles. The maximum absolute atomic E-state index is 13.6. The fourth-order valence-corrected chi connectivity index (χ4v) is 6.35. The van der Waals surface area contributed by atoms with Crippen molar-refractivity contribution in [3.05, 3.63) is 60.3 Å². The Morgan fingerprint density at radius 3 is 2.26 bits per heavy atom. The number of urea groups is 1. The van der Waals surface area contributed by atoms with Crippen LogP contribution in [-0.2, 0) is 21.2 Å². The van der Waals surface area contributed by atoms with Gasteiger partial charge in [0.1, 0.15) is 5.54 Å².